The van der Waals surface area contributed by atoms with Crippen LogP contribution in [0.4, 0.5) is 4.39 Å². The molecule has 0 bridgehead atoms. The predicted octanol–water partition coefficient (Wildman–Crippen LogP) is 7.65. The lowest BCUT2D eigenvalue weighted by molar-refractivity contribution is -0.115. The van der Waals surface area contributed by atoms with E-state index in [1.807, 2.05) is 39.8 Å². The summed E-state index contributed by atoms with van der Waals surface area (Å²) >= 11 is 0. The first-order valence-electron chi connectivity index (χ1n) is 10.0. The number of Topliss-reactive ketones (excluding diaryl/α,β-unsaturated/α-hetero) is 1. The summed E-state index contributed by atoms with van der Waals surface area (Å²) in [5, 5.41) is 0. The molecule has 0 saturated heterocycles. The molecule has 0 radical (unpaired) electrons. The highest BCUT2D eigenvalue weighted by Gasteiger charge is 2.16. The zero-order chi connectivity index (χ0) is 19.2. The third-order valence-electron chi connectivity index (χ3n) is 4.32. The molecule has 0 spiro atoms. The second kappa shape index (κ2) is 13.8. The van der Waals surface area contributed by atoms with Crippen LogP contribution in [0, 0.1) is 5.92 Å². The Labute approximate surface area is 154 Å². The van der Waals surface area contributed by atoms with Crippen molar-refractivity contribution in [2.45, 2.75) is 86.5 Å². The van der Waals surface area contributed by atoms with Gasteiger partial charge >= 0.3 is 0 Å². The molecule has 1 aliphatic carbocycles. The summed E-state index contributed by atoms with van der Waals surface area (Å²) in [5.41, 5.74) is 2.43. The molecule has 0 aromatic carbocycles. The van der Waals surface area contributed by atoms with Crippen molar-refractivity contribution in [1.29, 1.82) is 0 Å². The molecule has 25 heavy (non-hydrogen) atoms. The number of carbonyl (C=O) groups is 1. The van der Waals surface area contributed by atoms with Crippen LogP contribution in [-0.2, 0) is 4.79 Å². The zero-order valence-electron chi connectivity index (χ0n) is 17.1. The van der Waals surface area contributed by atoms with Crippen molar-refractivity contribution in [3.05, 3.63) is 46.9 Å². The topological polar surface area (TPSA) is 17.1 Å². The summed E-state index contributed by atoms with van der Waals surface area (Å²) in [7, 11) is 0. The zero-order valence-corrected chi connectivity index (χ0v) is 17.1. The van der Waals surface area contributed by atoms with E-state index in [1.165, 1.54) is 25.3 Å². The van der Waals surface area contributed by atoms with Gasteiger partial charge in [0, 0.05) is 12.0 Å². The number of unbranched alkanes of at least 4 members (excludes halogenated alkanes) is 2. The molecule has 1 aliphatic rings. The molecule has 142 valence electrons. The van der Waals surface area contributed by atoms with Gasteiger partial charge in [-0.25, -0.2) is 4.39 Å². The number of carbonyl (C=O) groups excluding carboxylic acids is 1. The maximum atomic E-state index is 13.9. The fraction of sp³-hybridized carbons (Fsp3) is 0.609. The van der Waals surface area contributed by atoms with Gasteiger partial charge in [-0.15, -0.1) is 0 Å². The van der Waals surface area contributed by atoms with E-state index in [1.54, 1.807) is 0 Å². The minimum absolute atomic E-state index is 0.157. The summed E-state index contributed by atoms with van der Waals surface area (Å²) < 4.78 is 13.9. The molecule has 0 fully saturated rings. The van der Waals surface area contributed by atoms with Crippen LogP contribution in [0.2, 0.25) is 0 Å². The van der Waals surface area contributed by atoms with Crippen molar-refractivity contribution in [2.75, 3.05) is 0 Å². The Morgan fingerprint density at radius 2 is 1.92 bits per heavy atom. The monoisotopic (exact) mass is 348 g/mol. The standard InChI is InChI=1S/C21H31FO.C2H6/c1-5-8-9-11-16(4)14-19(21(23)7-3)18-12-10-13-20(22)17(6-2)15-18;1-2/h10,13-16H,5-9,11-12H2,1-4H3;1-2H3/b19-14+;. The highest BCUT2D eigenvalue weighted by atomic mass is 19.1. The van der Waals surface area contributed by atoms with Gasteiger partial charge in [0.15, 0.2) is 5.78 Å². The molecule has 0 heterocycles. The van der Waals surface area contributed by atoms with Gasteiger partial charge in [-0.1, -0.05) is 79.0 Å². The Kier molecular flexibility index (Phi) is 13.0. The molecule has 2 heteroatoms. The summed E-state index contributed by atoms with van der Waals surface area (Å²) in [5.74, 6) is 0.352. The molecular formula is C23H37FO. The van der Waals surface area contributed by atoms with Gasteiger partial charge in [0.25, 0.3) is 0 Å². The molecular weight excluding hydrogens is 311 g/mol. The summed E-state index contributed by atoms with van der Waals surface area (Å²) in [4.78, 5) is 12.4. The highest BCUT2D eigenvalue weighted by molar-refractivity contribution is 5.99. The van der Waals surface area contributed by atoms with Crippen LogP contribution < -0.4 is 0 Å². The van der Waals surface area contributed by atoms with E-state index in [0.29, 0.717) is 30.8 Å². The summed E-state index contributed by atoms with van der Waals surface area (Å²) in [6.07, 6.45) is 13.8. The number of hydrogen-bond acceptors (Lipinski definition) is 1. The van der Waals surface area contributed by atoms with E-state index in [0.717, 1.165) is 17.6 Å². The summed E-state index contributed by atoms with van der Waals surface area (Å²) in [6.45, 7) is 12.2. The fourth-order valence-corrected chi connectivity index (χ4v) is 2.85. The van der Waals surface area contributed by atoms with Crippen molar-refractivity contribution in [3.63, 3.8) is 0 Å². The lowest BCUT2D eigenvalue weighted by Crippen LogP contribution is -2.06. The Bertz CT molecular complexity index is 520. The Balaban J connectivity index is 0.00000277. The highest BCUT2D eigenvalue weighted by Crippen LogP contribution is 2.28. The number of allylic oxidation sites excluding steroid dienone is 8. The minimum Gasteiger partial charge on any atom is -0.294 e. The van der Waals surface area contributed by atoms with Crippen molar-refractivity contribution < 1.29 is 9.18 Å². The molecule has 0 aromatic rings. The molecule has 1 nitrogen and oxygen atoms in total. The average molecular weight is 349 g/mol. The lowest BCUT2D eigenvalue weighted by Gasteiger charge is -2.13. The molecule has 0 aromatic heterocycles. The van der Waals surface area contributed by atoms with Crippen molar-refractivity contribution >= 4 is 5.78 Å². The first kappa shape index (κ1) is 23.6. The lowest BCUT2D eigenvalue weighted by atomic mass is 9.91. The van der Waals surface area contributed by atoms with Crippen molar-refractivity contribution in [3.8, 4) is 0 Å². The third-order valence-corrected chi connectivity index (χ3v) is 4.32. The van der Waals surface area contributed by atoms with E-state index in [-0.39, 0.29) is 11.6 Å². The number of hydrogen-bond donors (Lipinski definition) is 0. The second-order valence-corrected chi connectivity index (χ2v) is 6.33. The average Bonchev–Trinajstić information content (AvgIpc) is 2.82. The fourth-order valence-electron chi connectivity index (χ4n) is 2.85. The Morgan fingerprint density at radius 1 is 1.24 bits per heavy atom. The maximum absolute atomic E-state index is 13.9. The van der Waals surface area contributed by atoms with Crippen LogP contribution in [0.1, 0.15) is 86.5 Å². The molecule has 0 N–H and O–H groups in total. The van der Waals surface area contributed by atoms with Crippen molar-refractivity contribution in [2.24, 2.45) is 5.92 Å². The SMILES string of the molecule is CC.CCCCCC(C)/C=C(/C(=O)CC)C1=CC(CC)=C(F)C=CC1. The van der Waals surface area contributed by atoms with Gasteiger partial charge in [0.05, 0.1) is 0 Å². The van der Waals surface area contributed by atoms with Crippen LogP contribution in [0.5, 0.6) is 0 Å². The van der Waals surface area contributed by atoms with Crippen LogP contribution in [-0.4, -0.2) is 5.78 Å². The normalized spacial score (nSPS) is 16.0. The molecule has 1 atom stereocenters. The van der Waals surface area contributed by atoms with Crippen molar-refractivity contribution in [1.82, 2.24) is 0 Å². The summed E-state index contributed by atoms with van der Waals surface area (Å²) in [6, 6.07) is 0. The first-order chi connectivity index (χ1) is 12.0. The molecule has 0 aliphatic heterocycles. The minimum atomic E-state index is -0.179. The Morgan fingerprint density at radius 3 is 2.48 bits per heavy atom. The largest absolute Gasteiger partial charge is 0.294 e. The van der Waals surface area contributed by atoms with E-state index >= 15 is 0 Å². The van der Waals surface area contributed by atoms with E-state index in [9.17, 15) is 9.18 Å². The van der Waals surface area contributed by atoms with Crippen LogP contribution in [0.25, 0.3) is 0 Å². The second-order valence-electron chi connectivity index (χ2n) is 6.33. The number of ketones is 1. The quantitative estimate of drug-likeness (QED) is 0.309. The predicted molar refractivity (Wildman–Crippen MR) is 108 cm³/mol. The van der Waals surface area contributed by atoms with E-state index < -0.39 is 0 Å². The molecule has 1 rings (SSSR count). The van der Waals surface area contributed by atoms with E-state index in [4.69, 9.17) is 0 Å². The molecule has 0 amide bonds. The number of rotatable bonds is 9. The molecule has 0 saturated carbocycles. The smallest absolute Gasteiger partial charge is 0.162 e. The maximum Gasteiger partial charge on any atom is 0.162 e. The van der Waals surface area contributed by atoms with Gasteiger partial charge in [-0.3, -0.25) is 4.79 Å². The first-order valence-corrected chi connectivity index (χ1v) is 10.0. The van der Waals surface area contributed by atoms with Gasteiger partial charge in [-0.2, -0.15) is 0 Å². The Hall–Kier alpha value is -1.44. The van der Waals surface area contributed by atoms with Gasteiger partial charge in [-0.05, 0) is 42.4 Å². The van der Waals surface area contributed by atoms with Crippen LogP contribution in [0.15, 0.2) is 46.9 Å². The van der Waals surface area contributed by atoms with Crippen LogP contribution >= 0.6 is 0 Å². The van der Waals surface area contributed by atoms with Gasteiger partial charge < -0.3 is 0 Å². The molecule has 1 unspecified atom stereocenters. The van der Waals surface area contributed by atoms with Crippen LogP contribution in [0.3, 0.4) is 0 Å². The van der Waals surface area contributed by atoms with Gasteiger partial charge in [0.2, 0.25) is 0 Å². The number of halogens is 1. The van der Waals surface area contributed by atoms with Gasteiger partial charge in [0.1, 0.15) is 5.83 Å². The van der Waals surface area contributed by atoms with E-state index in [2.05, 4.69) is 19.9 Å². The third kappa shape index (κ3) is 8.47.